The molecular formula is C17H15Cl2NO. The third kappa shape index (κ3) is 4.35. The van der Waals surface area contributed by atoms with E-state index in [2.05, 4.69) is 5.32 Å². The molecule has 21 heavy (non-hydrogen) atoms. The van der Waals surface area contributed by atoms with Gasteiger partial charge in [-0.1, -0.05) is 41.4 Å². The number of anilines is 1. The number of rotatable bonds is 3. The monoisotopic (exact) mass is 319 g/mol. The summed E-state index contributed by atoms with van der Waals surface area (Å²) >= 11 is 11.9. The molecule has 0 aromatic heterocycles. The Kier molecular flexibility index (Phi) is 5.05. The first-order chi connectivity index (χ1) is 9.95. The summed E-state index contributed by atoms with van der Waals surface area (Å²) in [4.78, 5) is 12.0. The number of carbonyl (C=O) groups is 1. The van der Waals surface area contributed by atoms with Crippen LogP contribution in [-0.4, -0.2) is 5.91 Å². The van der Waals surface area contributed by atoms with Crippen LogP contribution in [0.1, 0.15) is 16.7 Å². The molecule has 0 saturated carbocycles. The van der Waals surface area contributed by atoms with Crippen LogP contribution in [0.3, 0.4) is 0 Å². The highest BCUT2D eigenvalue weighted by atomic mass is 35.5. The molecule has 4 heteroatoms. The molecule has 2 aromatic rings. The van der Waals surface area contributed by atoms with E-state index in [1.807, 2.05) is 32.0 Å². The first kappa shape index (κ1) is 15.6. The number of halogens is 2. The van der Waals surface area contributed by atoms with Crippen LogP contribution in [0.4, 0.5) is 5.69 Å². The highest BCUT2D eigenvalue weighted by Gasteiger charge is 2.03. The molecule has 1 amide bonds. The normalized spacial score (nSPS) is 10.9. The lowest BCUT2D eigenvalue weighted by atomic mass is 10.1. The first-order valence-electron chi connectivity index (χ1n) is 6.47. The van der Waals surface area contributed by atoms with Crippen molar-refractivity contribution >= 4 is 40.9 Å². The summed E-state index contributed by atoms with van der Waals surface area (Å²) in [5.74, 6) is -0.199. The minimum absolute atomic E-state index is 0.199. The van der Waals surface area contributed by atoms with Gasteiger partial charge in [-0.05, 0) is 54.8 Å². The summed E-state index contributed by atoms with van der Waals surface area (Å²) in [5, 5.41) is 3.94. The van der Waals surface area contributed by atoms with Crippen LogP contribution in [-0.2, 0) is 4.79 Å². The molecule has 0 aliphatic rings. The molecule has 1 N–H and O–H groups in total. The maximum Gasteiger partial charge on any atom is 0.248 e. The van der Waals surface area contributed by atoms with Gasteiger partial charge in [-0.2, -0.15) is 0 Å². The molecule has 0 unspecified atom stereocenters. The average Bonchev–Trinajstić information content (AvgIpc) is 2.42. The SMILES string of the molecule is Cc1ccc(C)c(NC(=O)/C=C/c2ccc(Cl)cc2Cl)c1. The smallest absolute Gasteiger partial charge is 0.248 e. The second kappa shape index (κ2) is 6.79. The summed E-state index contributed by atoms with van der Waals surface area (Å²) in [7, 11) is 0. The molecule has 0 aliphatic carbocycles. The van der Waals surface area contributed by atoms with Crippen molar-refractivity contribution in [1.29, 1.82) is 0 Å². The van der Waals surface area contributed by atoms with Gasteiger partial charge in [0.15, 0.2) is 0 Å². The first-order valence-corrected chi connectivity index (χ1v) is 7.22. The van der Waals surface area contributed by atoms with Crippen molar-refractivity contribution in [3.63, 3.8) is 0 Å². The van der Waals surface area contributed by atoms with Crippen molar-refractivity contribution < 1.29 is 4.79 Å². The fourth-order valence-corrected chi connectivity index (χ4v) is 2.32. The Bertz CT molecular complexity index is 708. The van der Waals surface area contributed by atoms with Crippen LogP contribution in [0, 0.1) is 13.8 Å². The second-order valence-corrected chi connectivity index (χ2v) is 5.65. The predicted molar refractivity (Wildman–Crippen MR) is 90.0 cm³/mol. The molecule has 0 radical (unpaired) electrons. The minimum atomic E-state index is -0.199. The summed E-state index contributed by atoms with van der Waals surface area (Å²) in [5.41, 5.74) is 3.68. The third-order valence-electron chi connectivity index (χ3n) is 3.03. The van der Waals surface area contributed by atoms with Gasteiger partial charge in [0, 0.05) is 21.8 Å². The largest absolute Gasteiger partial charge is 0.322 e. The Hall–Kier alpha value is -1.77. The lowest BCUT2D eigenvalue weighted by Crippen LogP contribution is -2.09. The summed E-state index contributed by atoms with van der Waals surface area (Å²) < 4.78 is 0. The van der Waals surface area contributed by atoms with Gasteiger partial charge in [-0.25, -0.2) is 0 Å². The van der Waals surface area contributed by atoms with Gasteiger partial charge in [0.25, 0.3) is 0 Å². The molecule has 2 rings (SSSR count). The van der Waals surface area contributed by atoms with E-state index in [1.54, 1.807) is 24.3 Å². The van der Waals surface area contributed by atoms with E-state index < -0.39 is 0 Å². The Morgan fingerprint density at radius 1 is 1.10 bits per heavy atom. The maximum absolute atomic E-state index is 12.0. The predicted octanol–water partition coefficient (Wildman–Crippen LogP) is 5.26. The Morgan fingerprint density at radius 2 is 1.86 bits per heavy atom. The third-order valence-corrected chi connectivity index (χ3v) is 3.59. The standard InChI is InChI=1S/C17H15Cl2NO/c1-11-3-4-12(2)16(9-11)20-17(21)8-6-13-5-7-14(18)10-15(13)19/h3-10H,1-2H3,(H,20,21)/b8-6+. The molecule has 0 saturated heterocycles. The zero-order valence-corrected chi connectivity index (χ0v) is 13.3. The zero-order chi connectivity index (χ0) is 15.4. The van der Waals surface area contributed by atoms with Crippen LogP contribution in [0.15, 0.2) is 42.5 Å². The lowest BCUT2D eigenvalue weighted by molar-refractivity contribution is -0.111. The highest BCUT2D eigenvalue weighted by molar-refractivity contribution is 6.35. The average molecular weight is 320 g/mol. The lowest BCUT2D eigenvalue weighted by Gasteiger charge is -2.07. The number of hydrogen-bond acceptors (Lipinski definition) is 1. The van der Waals surface area contributed by atoms with Gasteiger partial charge >= 0.3 is 0 Å². The van der Waals surface area contributed by atoms with Crippen LogP contribution in [0.25, 0.3) is 6.08 Å². The van der Waals surface area contributed by atoms with Crippen LogP contribution < -0.4 is 5.32 Å². The van der Waals surface area contributed by atoms with E-state index in [4.69, 9.17) is 23.2 Å². The molecule has 2 aromatic carbocycles. The topological polar surface area (TPSA) is 29.1 Å². The molecule has 0 fully saturated rings. The molecule has 0 aliphatic heterocycles. The van der Waals surface area contributed by atoms with Gasteiger partial charge in [-0.3, -0.25) is 4.79 Å². The summed E-state index contributed by atoms with van der Waals surface area (Å²) in [6.07, 6.45) is 3.12. The van der Waals surface area contributed by atoms with Gasteiger partial charge in [-0.15, -0.1) is 0 Å². The Labute approximate surface area is 134 Å². The molecular weight excluding hydrogens is 305 g/mol. The van der Waals surface area contributed by atoms with E-state index in [1.165, 1.54) is 6.08 Å². The van der Waals surface area contributed by atoms with Crippen LogP contribution >= 0.6 is 23.2 Å². The van der Waals surface area contributed by atoms with E-state index >= 15 is 0 Å². The van der Waals surface area contributed by atoms with E-state index in [0.29, 0.717) is 10.0 Å². The number of hydrogen-bond donors (Lipinski definition) is 1. The molecule has 2 nitrogen and oxygen atoms in total. The Morgan fingerprint density at radius 3 is 2.57 bits per heavy atom. The van der Waals surface area contributed by atoms with Crippen LogP contribution in [0.5, 0.6) is 0 Å². The van der Waals surface area contributed by atoms with Crippen molar-refractivity contribution in [2.45, 2.75) is 13.8 Å². The molecule has 0 bridgehead atoms. The van der Waals surface area contributed by atoms with Crippen molar-refractivity contribution in [1.82, 2.24) is 0 Å². The van der Waals surface area contributed by atoms with Gasteiger partial charge in [0.1, 0.15) is 0 Å². The molecule has 108 valence electrons. The van der Waals surface area contributed by atoms with Crippen molar-refractivity contribution in [3.8, 4) is 0 Å². The number of benzene rings is 2. The van der Waals surface area contributed by atoms with E-state index in [0.717, 1.165) is 22.4 Å². The maximum atomic E-state index is 12.0. The van der Waals surface area contributed by atoms with Crippen molar-refractivity contribution in [3.05, 3.63) is 69.2 Å². The van der Waals surface area contributed by atoms with Gasteiger partial charge in [0.2, 0.25) is 5.91 Å². The Balaban J connectivity index is 2.11. The van der Waals surface area contributed by atoms with Crippen LogP contribution in [0.2, 0.25) is 10.0 Å². The minimum Gasteiger partial charge on any atom is -0.322 e. The number of aryl methyl sites for hydroxylation is 2. The summed E-state index contributed by atoms with van der Waals surface area (Å²) in [6.45, 7) is 3.94. The van der Waals surface area contributed by atoms with E-state index in [-0.39, 0.29) is 5.91 Å². The van der Waals surface area contributed by atoms with Crippen molar-refractivity contribution in [2.75, 3.05) is 5.32 Å². The fourth-order valence-electron chi connectivity index (χ4n) is 1.85. The zero-order valence-electron chi connectivity index (χ0n) is 11.8. The number of carbonyl (C=O) groups excluding carboxylic acids is 1. The number of amides is 1. The second-order valence-electron chi connectivity index (χ2n) is 4.81. The van der Waals surface area contributed by atoms with Gasteiger partial charge < -0.3 is 5.32 Å². The molecule has 0 heterocycles. The molecule has 0 spiro atoms. The highest BCUT2D eigenvalue weighted by Crippen LogP contribution is 2.22. The molecule has 0 atom stereocenters. The fraction of sp³-hybridized carbons (Fsp3) is 0.118. The summed E-state index contributed by atoms with van der Waals surface area (Å²) in [6, 6.07) is 11.1. The van der Waals surface area contributed by atoms with Crippen molar-refractivity contribution in [2.24, 2.45) is 0 Å². The van der Waals surface area contributed by atoms with E-state index in [9.17, 15) is 4.79 Å². The number of nitrogens with one attached hydrogen (secondary N) is 1. The quantitative estimate of drug-likeness (QED) is 0.768. The van der Waals surface area contributed by atoms with Gasteiger partial charge in [0.05, 0.1) is 0 Å².